The fraction of sp³-hybridized carbons (Fsp3) is 0.583. The van der Waals surface area contributed by atoms with E-state index in [2.05, 4.69) is 34.8 Å². The normalized spacial score (nSPS) is 26.7. The zero-order valence-electron chi connectivity index (χ0n) is 20.5. The van der Waals surface area contributed by atoms with E-state index in [-0.39, 0.29) is 28.4 Å². The van der Waals surface area contributed by atoms with E-state index in [1.807, 2.05) is 17.8 Å². The Morgan fingerprint density at radius 3 is 2.77 bits per heavy atom. The van der Waals surface area contributed by atoms with E-state index in [9.17, 15) is 13.2 Å². The van der Waals surface area contributed by atoms with Crippen LogP contribution in [0.25, 0.3) is 10.9 Å². The zero-order valence-corrected chi connectivity index (χ0v) is 22.2. The molecule has 2 aliphatic heterocycles. The van der Waals surface area contributed by atoms with E-state index in [0.29, 0.717) is 18.3 Å². The van der Waals surface area contributed by atoms with Crippen molar-refractivity contribution in [2.75, 3.05) is 31.1 Å². The summed E-state index contributed by atoms with van der Waals surface area (Å²) in [5.74, 6) is -0.0904. The summed E-state index contributed by atoms with van der Waals surface area (Å²) >= 11 is 1.72. The van der Waals surface area contributed by atoms with Gasteiger partial charge < -0.3 is 9.80 Å². The van der Waals surface area contributed by atoms with Gasteiger partial charge in [0.25, 0.3) is 0 Å². The maximum atomic E-state index is 13.5. The van der Waals surface area contributed by atoms with Crippen LogP contribution in [0.15, 0.2) is 35.9 Å². The lowest BCUT2D eigenvalue weighted by Crippen LogP contribution is -2.36. The van der Waals surface area contributed by atoms with E-state index in [0.717, 1.165) is 48.9 Å². The lowest BCUT2D eigenvalue weighted by Gasteiger charge is -2.27. The number of hydrogen-bond donors (Lipinski definition) is 2. The molecule has 2 saturated heterocycles. The number of nitrogens with one attached hydrogen (secondary N) is 2. The van der Waals surface area contributed by atoms with Crippen molar-refractivity contribution in [2.24, 2.45) is 0 Å². The van der Waals surface area contributed by atoms with Crippen LogP contribution >= 0.6 is 11.9 Å². The van der Waals surface area contributed by atoms with Crippen LogP contribution in [0.3, 0.4) is 0 Å². The third-order valence-electron chi connectivity index (χ3n) is 7.14. The molecule has 0 spiro atoms. The van der Waals surface area contributed by atoms with Crippen molar-refractivity contribution in [2.45, 2.75) is 67.8 Å². The van der Waals surface area contributed by atoms with Crippen molar-refractivity contribution >= 4 is 44.5 Å². The highest BCUT2D eigenvalue weighted by Gasteiger charge is 2.41. The standard InChI is InChI=1S/C24H34N6O3S2/c1-5-23(31)28-9-6-18(15-28)30-22-11-19(35(32,33)27-24(4)7-8-24)10-21(20(22)12-25-30)29-13-16(2)26-34-17(3)14-29/h5,10-12,16-18,26-27H,1,6-9,13-15H2,2-4H3/t16-,17+,18?/m1/s1. The van der Waals surface area contributed by atoms with Crippen molar-refractivity contribution in [3.05, 3.63) is 31.0 Å². The number of amides is 1. The van der Waals surface area contributed by atoms with Crippen LogP contribution in [0.2, 0.25) is 0 Å². The highest BCUT2D eigenvalue weighted by atomic mass is 32.2. The Labute approximate surface area is 211 Å². The minimum atomic E-state index is -3.71. The minimum absolute atomic E-state index is 0.0182. The Hall–Kier alpha value is -2.08. The summed E-state index contributed by atoms with van der Waals surface area (Å²) in [7, 11) is -3.71. The molecule has 5 rings (SSSR count). The van der Waals surface area contributed by atoms with Gasteiger partial charge in [-0.15, -0.1) is 0 Å². The number of nitrogens with zero attached hydrogens (tertiary/aromatic N) is 4. The van der Waals surface area contributed by atoms with Crippen molar-refractivity contribution in [3.8, 4) is 0 Å². The number of anilines is 1. The van der Waals surface area contributed by atoms with Crippen molar-refractivity contribution < 1.29 is 13.2 Å². The van der Waals surface area contributed by atoms with Crippen LogP contribution in [0.4, 0.5) is 5.69 Å². The van der Waals surface area contributed by atoms with E-state index in [4.69, 9.17) is 5.10 Å². The summed E-state index contributed by atoms with van der Waals surface area (Å²) in [4.78, 5) is 16.5. The first-order valence-electron chi connectivity index (χ1n) is 12.2. The first-order valence-corrected chi connectivity index (χ1v) is 14.6. The van der Waals surface area contributed by atoms with Crippen LogP contribution in [0, 0.1) is 0 Å². The molecule has 1 saturated carbocycles. The number of benzene rings is 1. The molecule has 1 aliphatic carbocycles. The summed E-state index contributed by atoms with van der Waals surface area (Å²) in [6.07, 6.45) is 5.63. The number of fused-ring (bicyclic) bond motifs is 1. The Kier molecular flexibility index (Phi) is 6.40. The molecule has 3 fully saturated rings. The number of carbonyl (C=O) groups is 1. The Bertz CT molecular complexity index is 1240. The Balaban J connectivity index is 1.60. The van der Waals surface area contributed by atoms with Gasteiger partial charge in [-0.3, -0.25) is 14.2 Å². The van der Waals surface area contributed by atoms with E-state index >= 15 is 0 Å². The molecule has 1 aromatic carbocycles. The first-order chi connectivity index (χ1) is 16.6. The number of aromatic nitrogens is 2. The summed E-state index contributed by atoms with van der Waals surface area (Å²) in [5, 5.41) is 5.98. The molecule has 2 aromatic rings. The quantitative estimate of drug-likeness (QED) is 0.448. The third kappa shape index (κ3) is 4.96. The van der Waals surface area contributed by atoms with Gasteiger partial charge in [-0.25, -0.2) is 13.1 Å². The summed E-state index contributed by atoms with van der Waals surface area (Å²) in [6, 6.07) is 3.78. The van der Waals surface area contributed by atoms with E-state index in [1.54, 1.807) is 29.0 Å². The van der Waals surface area contributed by atoms with E-state index < -0.39 is 10.0 Å². The molecule has 35 heavy (non-hydrogen) atoms. The van der Waals surface area contributed by atoms with Gasteiger partial charge >= 0.3 is 0 Å². The van der Waals surface area contributed by atoms with Gasteiger partial charge in [-0.05, 0) is 51.3 Å². The molecule has 1 aromatic heterocycles. The fourth-order valence-corrected chi connectivity index (χ4v) is 7.27. The molecule has 190 valence electrons. The second-order valence-corrected chi connectivity index (χ2v) is 13.4. The van der Waals surface area contributed by atoms with Crippen molar-refractivity contribution in [1.29, 1.82) is 0 Å². The van der Waals surface area contributed by atoms with Crippen molar-refractivity contribution in [3.63, 3.8) is 0 Å². The largest absolute Gasteiger partial charge is 0.368 e. The van der Waals surface area contributed by atoms with Crippen molar-refractivity contribution in [1.82, 2.24) is 24.1 Å². The maximum absolute atomic E-state index is 13.5. The molecule has 9 nitrogen and oxygen atoms in total. The maximum Gasteiger partial charge on any atom is 0.246 e. The molecule has 0 bridgehead atoms. The molecule has 3 aliphatic rings. The van der Waals surface area contributed by atoms with Gasteiger partial charge in [0.1, 0.15) is 0 Å². The summed E-state index contributed by atoms with van der Waals surface area (Å²) in [5.41, 5.74) is 1.30. The first kappa shape index (κ1) is 24.6. The lowest BCUT2D eigenvalue weighted by molar-refractivity contribution is -0.125. The number of sulfonamides is 1. The highest BCUT2D eigenvalue weighted by molar-refractivity contribution is 7.98. The monoisotopic (exact) mass is 518 g/mol. The Morgan fingerprint density at radius 1 is 1.29 bits per heavy atom. The van der Waals surface area contributed by atoms with Crippen LogP contribution in [0.1, 0.15) is 46.1 Å². The number of hydrogen-bond acceptors (Lipinski definition) is 7. The molecule has 1 amide bonds. The average molecular weight is 519 g/mol. The highest BCUT2D eigenvalue weighted by Crippen LogP contribution is 2.38. The summed E-state index contributed by atoms with van der Waals surface area (Å²) < 4.78 is 35.2. The van der Waals surface area contributed by atoms with Gasteiger partial charge in [-0.1, -0.05) is 25.5 Å². The predicted molar refractivity (Wildman–Crippen MR) is 140 cm³/mol. The molecular weight excluding hydrogens is 484 g/mol. The molecule has 0 radical (unpaired) electrons. The topological polar surface area (TPSA) is 99.6 Å². The molecule has 11 heteroatoms. The van der Waals surface area contributed by atoms with Crippen LogP contribution < -0.4 is 14.3 Å². The molecule has 1 unspecified atom stereocenters. The van der Waals surface area contributed by atoms with Gasteiger partial charge in [0.2, 0.25) is 15.9 Å². The number of likely N-dealkylation sites (tertiary alicyclic amines) is 1. The number of rotatable bonds is 6. The molecule has 3 atom stereocenters. The van der Waals surface area contributed by atoms with Crippen LogP contribution in [-0.4, -0.2) is 72.0 Å². The van der Waals surface area contributed by atoms with Crippen LogP contribution in [0.5, 0.6) is 0 Å². The number of carbonyl (C=O) groups excluding carboxylic acids is 1. The Morgan fingerprint density at radius 2 is 2.06 bits per heavy atom. The van der Waals surface area contributed by atoms with E-state index in [1.165, 1.54) is 6.08 Å². The van der Waals surface area contributed by atoms with Gasteiger partial charge in [-0.2, -0.15) is 5.10 Å². The molecule has 3 heterocycles. The predicted octanol–water partition coefficient (Wildman–Crippen LogP) is 2.66. The third-order valence-corrected chi connectivity index (χ3v) is 9.85. The second-order valence-electron chi connectivity index (χ2n) is 10.4. The lowest BCUT2D eigenvalue weighted by atomic mass is 10.1. The van der Waals surface area contributed by atoms with Gasteiger partial charge in [0.15, 0.2) is 0 Å². The zero-order chi connectivity index (χ0) is 25.0. The SMILES string of the molecule is C=CC(=O)N1CCC(n2ncc3c(N4C[C@@H](C)NS[C@@H](C)C4)cc(S(=O)(=O)NC4(C)CC4)cc32)C1. The smallest absolute Gasteiger partial charge is 0.246 e. The fourth-order valence-electron chi connectivity index (χ4n) is 4.97. The average Bonchev–Trinajstić information content (AvgIpc) is 3.21. The molecule has 2 N–H and O–H groups in total. The van der Waals surface area contributed by atoms with Gasteiger partial charge in [0.05, 0.1) is 22.7 Å². The van der Waals surface area contributed by atoms with Gasteiger partial charge in [0, 0.05) is 54.1 Å². The minimum Gasteiger partial charge on any atom is -0.368 e. The second kappa shape index (κ2) is 9.10. The van der Waals surface area contributed by atoms with Crippen LogP contribution in [-0.2, 0) is 14.8 Å². The molecular formula is C24H34N6O3S2. The summed E-state index contributed by atoms with van der Waals surface area (Å²) in [6.45, 7) is 12.6.